The third kappa shape index (κ3) is 2.79. The standard InChI is InChI=1S/C27H32N4O/c32-27(25-22-11-10-17-6-1-2-8-21(17)24(22)28-29-25)31-13-5-7-18-14-19-15-20(26(18)31)16-30-12-4-3-9-23(19)30/h1-2,6,8,14,19-20,23,26H,3-5,7,9-13,15-16H2,(H,28,29)/t19-,20+,23+,26-/m0/s1. The van der Waals surface area contributed by atoms with E-state index in [9.17, 15) is 4.79 Å². The lowest BCUT2D eigenvalue weighted by atomic mass is 9.68. The lowest BCUT2D eigenvalue weighted by molar-refractivity contribution is 0.00128. The highest BCUT2D eigenvalue weighted by molar-refractivity contribution is 5.96. The number of aryl methyl sites for hydroxylation is 1. The van der Waals surface area contributed by atoms with Gasteiger partial charge in [-0.1, -0.05) is 42.3 Å². The van der Waals surface area contributed by atoms with Crippen molar-refractivity contribution in [3.63, 3.8) is 0 Å². The van der Waals surface area contributed by atoms with E-state index in [0.717, 1.165) is 48.8 Å². The van der Waals surface area contributed by atoms with Gasteiger partial charge in [0.05, 0.1) is 11.7 Å². The summed E-state index contributed by atoms with van der Waals surface area (Å²) in [5.74, 6) is 1.46. The minimum Gasteiger partial charge on any atom is -0.330 e. The van der Waals surface area contributed by atoms with E-state index >= 15 is 0 Å². The summed E-state index contributed by atoms with van der Waals surface area (Å²) < 4.78 is 0. The third-order valence-corrected chi connectivity index (χ3v) is 8.92. The minimum atomic E-state index is 0.174. The topological polar surface area (TPSA) is 52.2 Å². The molecule has 3 fully saturated rings. The first kappa shape index (κ1) is 19.1. The van der Waals surface area contributed by atoms with Gasteiger partial charge in [0, 0.05) is 30.3 Å². The highest BCUT2D eigenvalue weighted by atomic mass is 16.2. The van der Waals surface area contributed by atoms with Gasteiger partial charge in [-0.25, -0.2) is 0 Å². The van der Waals surface area contributed by atoms with Crippen molar-refractivity contribution in [3.05, 3.63) is 52.7 Å². The molecule has 5 nitrogen and oxygen atoms in total. The average Bonchev–Trinajstić information content (AvgIpc) is 3.28. The van der Waals surface area contributed by atoms with Crippen molar-refractivity contribution in [3.8, 4) is 11.3 Å². The van der Waals surface area contributed by atoms with E-state index in [-0.39, 0.29) is 11.9 Å². The predicted molar refractivity (Wildman–Crippen MR) is 124 cm³/mol. The van der Waals surface area contributed by atoms with Gasteiger partial charge >= 0.3 is 0 Å². The molecule has 1 aromatic heterocycles. The highest BCUT2D eigenvalue weighted by Crippen LogP contribution is 2.45. The molecule has 2 bridgehead atoms. The van der Waals surface area contributed by atoms with Crippen LogP contribution in [-0.4, -0.2) is 57.6 Å². The molecule has 32 heavy (non-hydrogen) atoms. The molecular formula is C27H32N4O. The maximum Gasteiger partial charge on any atom is 0.272 e. The average molecular weight is 429 g/mol. The molecule has 1 N–H and O–H groups in total. The van der Waals surface area contributed by atoms with Crippen molar-refractivity contribution >= 4 is 5.91 Å². The number of nitrogens with one attached hydrogen (secondary N) is 1. The van der Waals surface area contributed by atoms with Gasteiger partial charge in [0.2, 0.25) is 0 Å². The second-order valence-corrected chi connectivity index (χ2v) is 10.6. The summed E-state index contributed by atoms with van der Waals surface area (Å²) in [6.45, 7) is 3.28. The van der Waals surface area contributed by atoms with E-state index in [1.54, 1.807) is 5.57 Å². The molecule has 2 aliphatic carbocycles. The maximum absolute atomic E-state index is 14.0. The number of fused-ring (bicyclic) bond motifs is 9. The van der Waals surface area contributed by atoms with Crippen LogP contribution in [0.5, 0.6) is 0 Å². The Labute approximate surface area is 189 Å². The molecule has 5 heteroatoms. The molecule has 7 rings (SSSR count). The molecule has 0 radical (unpaired) electrons. The first-order valence-corrected chi connectivity index (χ1v) is 12.7. The highest BCUT2D eigenvalue weighted by Gasteiger charge is 2.47. The lowest BCUT2D eigenvalue weighted by Crippen LogP contribution is -2.60. The number of aromatic nitrogens is 2. The van der Waals surface area contributed by atoms with Gasteiger partial charge in [0.1, 0.15) is 5.69 Å². The van der Waals surface area contributed by atoms with Gasteiger partial charge in [-0.3, -0.25) is 14.8 Å². The fraction of sp³-hybridized carbons (Fsp3) is 0.556. The fourth-order valence-electron chi connectivity index (χ4n) is 7.58. The van der Waals surface area contributed by atoms with Crippen LogP contribution < -0.4 is 0 Å². The number of piperidine rings is 3. The summed E-state index contributed by atoms with van der Waals surface area (Å²) in [7, 11) is 0. The van der Waals surface area contributed by atoms with E-state index < -0.39 is 0 Å². The van der Waals surface area contributed by atoms with Crippen LogP contribution >= 0.6 is 0 Å². The van der Waals surface area contributed by atoms with Crippen LogP contribution in [-0.2, 0) is 12.8 Å². The van der Waals surface area contributed by atoms with Gasteiger partial charge in [0.15, 0.2) is 0 Å². The summed E-state index contributed by atoms with van der Waals surface area (Å²) in [4.78, 5) is 18.9. The quantitative estimate of drug-likeness (QED) is 0.693. The zero-order valence-electron chi connectivity index (χ0n) is 18.7. The molecule has 0 unspecified atom stereocenters. The van der Waals surface area contributed by atoms with E-state index in [0.29, 0.717) is 11.8 Å². The van der Waals surface area contributed by atoms with Crippen molar-refractivity contribution in [2.75, 3.05) is 19.6 Å². The van der Waals surface area contributed by atoms with E-state index in [4.69, 9.17) is 0 Å². The molecule has 0 saturated carbocycles. The molecule has 3 aliphatic heterocycles. The number of H-pyrrole nitrogens is 1. The number of carbonyl (C=O) groups is 1. The molecule has 4 heterocycles. The van der Waals surface area contributed by atoms with Crippen LogP contribution in [0.4, 0.5) is 0 Å². The van der Waals surface area contributed by atoms with E-state index in [2.05, 4.69) is 50.3 Å². The van der Waals surface area contributed by atoms with Crippen LogP contribution in [0.15, 0.2) is 35.9 Å². The van der Waals surface area contributed by atoms with Crippen LogP contribution in [0.3, 0.4) is 0 Å². The summed E-state index contributed by atoms with van der Waals surface area (Å²) in [6, 6.07) is 9.52. The predicted octanol–water partition coefficient (Wildman–Crippen LogP) is 4.21. The third-order valence-electron chi connectivity index (χ3n) is 8.92. The van der Waals surface area contributed by atoms with Gasteiger partial charge in [-0.15, -0.1) is 0 Å². The van der Waals surface area contributed by atoms with Crippen LogP contribution in [0, 0.1) is 11.8 Å². The summed E-state index contributed by atoms with van der Waals surface area (Å²) >= 11 is 0. The van der Waals surface area contributed by atoms with Crippen LogP contribution in [0.1, 0.15) is 60.1 Å². The van der Waals surface area contributed by atoms with Crippen LogP contribution in [0.25, 0.3) is 11.3 Å². The summed E-state index contributed by atoms with van der Waals surface area (Å²) in [5.41, 5.74) is 6.93. The SMILES string of the molecule is O=C(c1[nH]nc2c1CCc1ccccc1-2)N1CCCC2=C[C@H]3C[C@H](CN4CCCC[C@H]34)[C@H]21. The van der Waals surface area contributed by atoms with Crippen molar-refractivity contribution in [1.82, 2.24) is 20.0 Å². The number of benzene rings is 1. The zero-order chi connectivity index (χ0) is 21.2. The number of nitrogens with zero attached hydrogens (tertiary/aromatic N) is 3. The number of aromatic amines is 1. The van der Waals surface area contributed by atoms with Gasteiger partial charge in [-0.2, -0.15) is 5.10 Å². The van der Waals surface area contributed by atoms with Gasteiger partial charge in [0.25, 0.3) is 5.91 Å². The Kier molecular flexibility index (Phi) is 4.36. The largest absolute Gasteiger partial charge is 0.330 e. The van der Waals surface area contributed by atoms with Crippen molar-refractivity contribution in [2.24, 2.45) is 11.8 Å². The molecule has 5 aliphatic rings. The summed E-state index contributed by atoms with van der Waals surface area (Å²) in [6.07, 6.45) is 12.1. The Balaban J connectivity index is 1.23. The van der Waals surface area contributed by atoms with E-state index in [1.807, 2.05) is 0 Å². The first-order chi connectivity index (χ1) is 15.8. The van der Waals surface area contributed by atoms with Gasteiger partial charge in [-0.05, 0) is 68.9 Å². The maximum atomic E-state index is 14.0. The van der Waals surface area contributed by atoms with Crippen LogP contribution in [0.2, 0.25) is 0 Å². The zero-order valence-corrected chi connectivity index (χ0v) is 18.7. The Morgan fingerprint density at radius 3 is 2.97 bits per heavy atom. The number of rotatable bonds is 1. The van der Waals surface area contributed by atoms with Crippen molar-refractivity contribution in [2.45, 2.75) is 63.5 Å². The molecule has 4 atom stereocenters. The first-order valence-electron chi connectivity index (χ1n) is 12.7. The smallest absolute Gasteiger partial charge is 0.272 e. The molecule has 166 valence electrons. The number of carbonyl (C=O) groups excluding carboxylic acids is 1. The Hall–Kier alpha value is -2.40. The Morgan fingerprint density at radius 1 is 1.06 bits per heavy atom. The fourth-order valence-corrected chi connectivity index (χ4v) is 7.58. The Morgan fingerprint density at radius 2 is 2.00 bits per heavy atom. The summed E-state index contributed by atoms with van der Waals surface area (Å²) in [5, 5.41) is 7.82. The molecule has 0 spiro atoms. The number of likely N-dealkylation sites (tertiary alicyclic amines) is 1. The molecule has 2 aromatic rings. The molecule has 1 amide bonds. The monoisotopic (exact) mass is 428 g/mol. The number of hydrogen-bond acceptors (Lipinski definition) is 3. The molecule has 3 saturated heterocycles. The number of amides is 1. The van der Waals surface area contributed by atoms with Crippen molar-refractivity contribution < 1.29 is 4.79 Å². The second kappa shape index (κ2) is 7.31. The number of hydrogen-bond donors (Lipinski definition) is 1. The van der Waals surface area contributed by atoms with E-state index in [1.165, 1.54) is 56.3 Å². The minimum absolute atomic E-state index is 0.174. The Bertz CT molecular complexity index is 1100. The second-order valence-electron chi connectivity index (χ2n) is 10.6. The van der Waals surface area contributed by atoms with Gasteiger partial charge < -0.3 is 4.90 Å². The molecule has 1 aromatic carbocycles. The molecular weight excluding hydrogens is 396 g/mol. The normalized spacial score (nSPS) is 31.1. The van der Waals surface area contributed by atoms with Crippen molar-refractivity contribution in [1.29, 1.82) is 0 Å². The lowest BCUT2D eigenvalue weighted by Gasteiger charge is -2.54.